The van der Waals surface area contributed by atoms with Gasteiger partial charge in [0.1, 0.15) is 11.6 Å². The lowest BCUT2D eigenvalue weighted by Gasteiger charge is -2.14. The van der Waals surface area contributed by atoms with Gasteiger partial charge in [0.2, 0.25) is 0 Å². The molecule has 0 saturated carbocycles. The van der Waals surface area contributed by atoms with Gasteiger partial charge in [-0.3, -0.25) is 4.90 Å². The van der Waals surface area contributed by atoms with Crippen molar-refractivity contribution in [1.82, 2.24) is 4.90 Å². The van der Waals surface area contributed by atoms with Crippen molar-refractivity contribution in [1.29, 1.82) is 0 Å². The smallest absolute Gasteiger partial charge is 0.123 e. The zero-order chi connectivity index (χ0) is 14.7. The molecule has 21 heavy (non-hydrogen) atoms. The Morgan fingerprint density at radius 3 is 2.19 bits per heavy atom. The molecule has 1 nitrogen and oxygen atoms in total. The molecule has 0 spiro atoms. The number of likely N-dealkylation sites (tertiary alicyclic amines) is 1. The largest absolute Gasteiger partial charge is 0.295 e. The van der Waals surface area contributed by atoms with Gasteiger partial charge in [-0.1, -0.05) is 35.9 Å². The second kappa shape index (κ2) is 6.19. The highest BCUT2D eigenvalue weighted by atomic mass is 19.1. The van der Waals surface area contributed by atoms with Crippen LogP contribution in [0.3, 0.4) is 0 Å². The fourth-order valence-corrected chi connectivity index (χ4v) is 2.64. The molecule has 1 fully saturated rings. The van der Waals surface area contributed by atoms with Crippen LogP contribution in [0.1, 0.15) is 17.5 Å². The fourth-order valence-electron chi connectivity index (χ4n) is 2.64. The van der Waals surface area contributed by atoms with E-state index in [2.05, 4.69) is 11.0 Å². The van der Waals surface area contributed by atoms with Gasteiger partial charge in [-0.2, -0.15) is 0 Å². The maximum Gasteiger partial charge on any atom is 0.123 e. The summed E-state index contributed by atoms with van der Waals surface area (Å²) in [4.78, 5) is 2.34. The molecule has 0 amide bonds. The molecule has 108 valence electrons. The van der Waals surface area contributed by atoms with Gasteiger partial charge in [-0.05, 0) is 41.8 Å². The zero-order valence-electron chi connectivity index (χ0n) is 11.7. The van der Waals surface area contributed by atoms with E-state index in [1.54, 1.807) is 12.1 Å². The second-order valence-corrected chi connectivity index (χ2v) is 5.44. The average Bonchev–Trinajstić information content (AvgIpc) is 2.91. The zero-order valence-corrected chi connectivity index (χ0v) is 11.7. The third kappa shape index (κ3) is 3.76. The first-order valence-corrected chi connectivity index (χ1v) is 7.11. The van der Waals surface area contributed by atoms with Crippen LogP contribution in [0.25, 0.3) is 6.08 Å². The molecule has 1 heterocycles. The van der Waals surface area contributed by atoms with Gasteiger partial charge < -0.3 is 0 Å². The Kier molecular flexibility index (Phi) is 4.11. The van der Waals surface area contributed by atoms with Crippen molar-refractivity contribution in [3.63, 3.8) is 0 Å². The third-order valence-electron chi connectivity index (χ3n) is 3.74. The molecule has 2 aromatic rings. The van der Waals surface area contributed by atoms with E-state index in [0.717, 1.165) is 37.2 Å². The summed E-state index contributed by atoms with van der Waals surface area (Å²) in [5, 5.41) is 0. The Morgan fingerprint density at radius 1 is 0.905 bits per heavy atom. The SMILES string of the molecule is Fc1ccc(/C=C2\CCN(Cc3ccc(F)cc3)C2)cc1. The summed E-state index contributed by atoms with van der Waals surface area (Å²) in [6.45, 7) is 2.75. The van der Waals surface area contributed by atoms with E-state index in [1.807, 2.05) is 12.1 Å². The molecule has 3 heteroatoms. The van der Waals surface area contributed by atoms with E-state index >= 15 is 0 Å². The van der Waals surface area contributed by atoms with Gasteiger partial charge in [0.25, 0.3) is 0 Å². The predicted molar refractivity (Wildman–Crippen MR) is 80.7 cm³/mol. The topological polar surface area (TPSA) is 3.24 Å². The summed E-state index contributed by atoms with van der Waals surface area (Å²) in [5.74, 6) is -0.404. The van der Waals surface area contributed by atoms with Gasteiger partial charge in [-0.15, -0.1) is 0 Å². The van der Waals surface area contributed by atoms with E-state index in [4.69, 9.17) is 0 Å². The quantitative estimate of drug-likeness (QED) is 0.814. The van der Waals surface area contributed by atoms with Crippen LogP contribution in [0.2, 0.25) is 0 Å². The summed E-state index contributed by atoms with van der Waals surface area (Å²) in [7, 11) is 0. The summed E-state index contributed by atoms with van der Waals surface area (Å²) in [5.41, 5.74) is 3.51. The molecule has 0 aromatic heterocycles. The average molecular weight is 285 g/mol. The molecule has 0 N–H and O–H groups in total. The standard InChI is InChI=1S/C18H17F2N/c19-17-5-1-14(2-6-17)11-16-9-10-21(13-16)12-15-3-7-18(20)8-4-15/h1-8,11H,9-10,12-13H2/b16-11+. The lowest BCUT2D eigenvalue weighted by atomic mass is 10.1. The van der Waals surface area contributed by atoms with E-state index in [1.165, 1.54) is 29.8 Å². The molecule has 3 rings (SSSR count). The van der Waals surface area contributed by atoms with Crippen molar-refractivity contribution in [3.05, 3.63) is 76.9 Å². The Hall–Kier alpha value is -2.00. The Morgan fingerprint density at radius 2 is 1.52 bits per heavy atom. The van der Waals surface area contributed by atoms with Crippen LogP contribution in [0.15, 0.2) is 54.1 Å². The summed E-state index contributed by atoms with van der Waals surface area (Å²) < 4.78 is 25.8. The van der Waals surface area contributed by atoms with Gasteiger partial charge >= 0.3 is 0 Å². The highest BCUT2D eigenvalue weighted by Crippen LogP contribution is 2.20. The maximum absolute atomic E-state index is 12.9. The maximum atomic E-state index is 12.9. The minimum Gasteiger partial charge on any atom is -0.295 e. The monoisotopic (exact) mass is 285 g/mol. The lowest BCUT2D eigenvalue weighted by molar-refractivity contribution is 0.337. The number of benzene rings is 2. The number of hydrogen-bond donors (Lipinski definition) is 0. The molecule has 0 bridgehead atoms. The van der Waals surface area contributed by atoms with Crippen LogP contribution in [0, 0.1) is 11.6 Å². The Balaban J connectivity index is 1.62. The number of nitrogens with zero attached hydrogens (tertiary/aromatic N) is 1. The molecule has 1 saturated heterocycles. The Labute approximate surface area is 123 Å². The van der Waals surface area contributed by atoms with E-state index < -0.39 is 0 Å². The van der Waals surface area contributed by atoms with E-state index in [0.29, 0.717) is 0 Å². The van der Waals surface area contributed by atoms with Crippen LogP contribution >= 0.6 is 0 Å². The van der Waals surface area contributed by atoms with Gasteiger partial charge in [0.05, 0.1) is 0 Å². The van der Waals surface area contributed by atoms with Crippen molar-refractivity contribution in [2.24, 2.45) is 0 Å². The predicted octanol–water partition coefficient (Wildman–Crippen LogP) is 4.25. The normalized spacial score (nSPS) is 17.5. The number of halogens is 2. The van der Waals surface area contributed by atoms with Crippen molar-refractivity contribution < 1.29 is 8.78 Å². The van der Waals surface area contributed by atoms with E-state index in [9.17, 15) is 8.78 Å². The molecule has 0 aliphatic carbocycles. The Bertz CT molecular complexity index is 629. The first kappa shape index (κ1) is 14.0. The van der Waals surface area contributed by atoms with Crippen LogP contribution < -0.4 is 0 Å². The second-order valence-electron chi connectivity index (χ2n) is 5.44. The minimum absolute atomic E-state index is 0.197. The first-order valence-electron chi connectivity index (χ1n) is 7.11. The van der Waals surface area contributed by atoms with Crippen LogP contribution in [-0.4, -0.2) is 18.0 Å². The molecular weight excluding hydrogens is 268 g/mol. The molecular formula is C18H17F2N. The van der Waals surface area contributed by atoms with Crippen LogP contribution in [0.4, 0.5) is 8.78 Å². The third-order valence-corrected chi connectivity index (χ3v) is 3.74. The molecule has 2 aromatic carbocycles. The van der Waals surface area contributed by atoms with Gasteiger partial charge in [0.15, 0.2) is 0 Å². The fraction of sp³-hybridized carbons (Fsp3) is 0.222. The van der Waals surface area contributed by atoms with Crippen LogP contribution in [0.5, 0.6) is 0 Å². The molecule has 1 aliphatic rings. The van der Waals surface area contributed by atoms with Crippen molar-refractivity contribution in [3.8, 4) is 0 Å². The lowest BCUT2D eigenvalue weighted by Crippen LogP contribution is -2.18. The minimum atomic E-state index is -0.207. The van der Waals surface area contributed by atoms with Crippen molar-refractivity contribution in [2.75, 3.05) is 13.1 Å². The molecule has 1 aliphatic heterocycles. The first-order chi connectivity index (χ1) is 10.2. The summed E-state index contributed by atoms with van der Waals surface area (Å²) in [6, 6.07) is 13.2. The highest BCUT2D eigenvalue weighted by Gasteiger charge is 2.16. The molecule has 0 atom stereocenters. The highest BCUT2D eigenvalue weighted by molar-refractivity contribution is 5.53. The van der Waals surface area contributed by atoms with Gasteiger partial charge in [0, 0.05) is 19.6 Å². The van der Waals surface area contributed by atoms with Crippen molar-refractivity contribution >= 4 is 6.08 Å². The van der Waals surface area contributed by atoms with Crippen LogP contribution in [-0.2, 0) is 6.54 Å². The number of rotatable bonds is 3. The summed E-state index contributed by atoms with van der Waals surface area (Å²) >= 11 is 0. The van der Waals surface area contributed by atoms with Gasteiger partial charge in [-0.25, -0.2) is 8.78 Å². The summed E-state index contributed by atoms with van der Waals surface area (Å²) in [6.07, 6.45) is 3.16. The van der Waals surface area contributed by atoms with E-state index in [-0.39, 0.29) is 11.6 Å². The molecule has 0 radical (unpaired) electrons. The van der Waals surface area contributed by atoms with Crippen molar-refractivity contribution in [2.45, 2.75) is 13.0 Å². The number of hydrogen-bond acceptors (Lipinski definition) is 1. The molecule has 0 unspecified atom stereocenters.